The van der Waals surface area contributed by atoms with E-state index in [1.807, 2.05) is 31.2 Å². The van der Waals surface area contributed by atoms with E-state index in [1.165, 1.54) is 89.9 Å². The lowest BCUT2D eigenvalue weighted by atomic mass is 10.0. The Labute approximate surface area is 168 Å². The molecule has 1 aromatic rings. The summed E-state index contributed by atoms with van der Waals surface area (Å²) in [5.41, 5.74) is 1.68. The number of aryl methyl sites for hydroxylation is 1. The van der Waals surface area contributed by atoms with Crippen LogP contribution < -0.4 is 0 Å². The lowest BCUT2D eigenvalue weighted by Gasteiger charge is -2.07. The fourth-order valence-electron chi connectivity index (χ4n) is 3.52. The summed E-state index contributed by atoms with van der Waals surface area (Å²) in [6, 6.07) is 7.62. The van der Waals surface area contributed by atoms with Crippen molar-refractivity contribution in [3.63, 3.8) is 0 Å². The van der Waals surface area contributed by atoms with Crippen LogP contribution in [0.4, 0.5) is 0 Å². The van der Waals surface area contributed by atoms with Crippen molar-refractivity contribution in [2.75, 3.05) is 6.61 Å². The summed E-state index contributed by atoms with van der Waals surface area (Å²) in [4.78, 5) is 12.0. The number of esters is 1. The van der Waals surface area contributed by atoms with Crippen LogP contribution in [0.5, 0.6) is 0 Å². The maximum Gasteiger partial charge on any atom is 0.338 e. The Morgan fingerprint density at radius 3 is 1.63 bits per heavy atom. The Kier molecular flexibility index (Phi) is 14.8. The van der Waals surface area contributed by atoms with Crippen LogP contribution in [0.3, 0.4) is 0 Å². The molecule has 27 heavy (non-hydrogen) atoms. The molecule has 0 bridgehead atoms. The summed E-state index contributed by atoms with van der Waals surface area (Å²) in [6.07, 6.45) is 20.2. The first kappa shape index (κ1) is 23.7. The number of carbonyl (C=O) groups is 1. The predicted octanol–water partition coefficient (Wildman–Crippen LogP) is 8.02. The standard InChI is InChI=1S/C25H42O2/c1-3-4-5-6-7-8-9-10-11-12-13-14-15-16-19-22-27-25(26)24-21-18-17-20-23(24)2/h17-18,20-21H,3-16,19,22H2,1-2H3. The third kappa shape index (κ3) is 12.7. The largest absolute Gasteiger partial charge is 0.462 e. The number of carbonyl (C=O) groups excluding carboxylic acids is 1. The molecule has 1 rings (SSSR count). The molecule has 0 N–H and O–H groups in total. The minimum atomic E-state index is -0.182. The molecule has 154 valence electrons. The van der Waals surface area contributed by atoms with Gasteiger partial charge in [0.2, 0.25) is 0 Å². The summed E-state index contributed by atoms with van der Waals surface area (Å²) in [7, 11) is 0. The van der Waals surface area contributed by atoms with E-state index in [0.29, 0.717) is 12.2 Å². The van der Waals surface area contributed by atoms with Crippen LogP contribution >= 0.6 is 0 Å². The van der Waals surface area contributed by atoms with Crippen molar-refractivity contribution in [1.29, 1.82) is 0 Å². The van der Waals surface area contributed by atoms with E-state index in [4.69, 9.17) is 4.74 Å². The SMILES string of the molecule is CCCCCCCCCCCCCCCCCOC(=O)c1ccccc1C. The molecule has 0 aromatic heterocycles. The van der Waals surface area contributed by atoms with Gasteiger partial charge in [-0.3, -0.25) is 0 Å². The molecule has 0 radical (unpaired) electrons. The highest BCUT2D eigenvalue weighted by atomic mass is 16.5. The molecule has 0 aliphatic carbocycles. The van der Waals surface area contributed by atoms with E-state index in [0.717, 1.165) is 12.0 Å². The molecule has 1 aromatic carbocycles. The normalized spacial score (nSPS) is 10.9. The highest BCUT2D eigenvalue weighted by Gasteiger charge is 2.08. The molecule has 0 amide bonds. The number of ether oxygens (including phenoxy) is 1. The highest BCUT2D eigenvalue weighted by molar-refractivity contribution is 5.90. The quantitative estimate of drug-likeness (QED) is 0.204. The molecule has 0 spiro atoms. The number of hydrogen-bond donors (Lipinski definition) is 0. The average Bonchev–Trinajstić information content (AvgIpc) is 2.68. The number of rotatable bonds is 17. The average molecular weight is 375 g/mol. The van der Waals surface area contributed by atoms with Crippen LogP contribution in [0.15, 0.2) is 24.3 Å². The van der Waals surface area contributed by atoms with E-state index in [1.54, 1.807) is 0 Å². The first-order valence-corrected chi connectivity index (χ1v) is 11.5. The lowest BCUT2D eigenvalue weighted by molar-refractivity contribution is 0.0497. The molecular formula is C25H42O2. The van der Waals surface area contributed by atoms with Crippen molar-refractivity contribution in [2.24, 2.45) is 0 Å². The van der Waals surface area contributed by atoms with E-state index in [2.05, 4.69) is 6.92 Å². The summed E-state index contributed by atoms with van der Waals surface area (Å²) < 4.78 is 5.38. The zero-order valence-corrected chi connectivity index (χ0v) is 17.9. The van der Waals surface area contributed by atoms with Gasteiger partial charge in [-0.25, -0.2) is 4.79 Å². The molecule has 2 nitrogen and oxygen atoms in total. The second-order valence-electron chi connectivity index (χ2n) is 7.90. The topological polar surface area (TPSA) is 26.3 Å². The van der Waals surface area contributed by atoms with E-state index in [-0.39, 0.29) is 5.97 Å². The van der Waals surface area contributed by atoms with Crippen molar-refractivity contribution < 1.29 is 9.53 Å². The molecule has 0 atom stereocenters. The first-order chi connectivity index (χ1) is 13.3. The van der Waals surface area contributed by atoms with Gasteiger partial charge < -0.3 is 4.74 Å². The molecule has 0 saturated carbocycles. The van der Waals surface area contributed by atoms with Crippen LogP contribution in [0, 0.1) is 6.92 Å². The van der Waals surface area contributed by atoms with Crippen LogP contribution in [0.25, 0.3) is 0 Å². The van der Waals surface area contributed by atoms with Gasteiger partial charge in [0, 0.05) is 0 Å². The third-order valence-corrected chi connectivity index (χ3v) is 5.35. The van der Waals surface area contributed by atoms with Crippen molar-refractivity contribution >= 4 is 5.97 Å². The third-order valence-electron chi connectivity index (χ3n) is 5.35. The van der Waals surface area contributed by atoms with Gasteiger partial charge >= 0.3 is 5.97 Å². The van der Waals surface area contributed by atoms with Crippen molar-refractivity contribution in [1.82, 2.24) is 0 Å². The smallest absolute Gasteiger partial charge is 0.338 e. The highest BCUT2D eigenvalue weighted by Crippen LogP contribution is 2.14. The van der Waals surface area contributed by atoms with Gasteiger partial charge in [-0.1, -0.05) is 115 Å². The summed E-state index contributed by atoms with van der Waals surface area (Å²) >= 11 is 0. The fraction of sp³-hybridized carbons (Fsp3) is 0.720. The van der Waals surface area contributed by atoms with E-state index < -0.39 is 0 Å². The number of hydrogen-bond acceptors (Lipinski definition) is 2. The van der Waals surface area contributed by atoms with Gasteiger partial charge in [-0.2, -0.15) is 0 Å². The van der Waals surface area contributed by atoms with Crippen LogP contribution in [-0.2, 0) is 4.74 Å². The van der Waals surface area contributed by atoms with Crippen molar-refractivity contribution in [2.45, 2.75) is 110 Å². The zero-order valence-electron chi connectivity index (χ0n) is 17.9. The Hall–Kier alpha value is -1.31. The number of benzene rings is 1. The molecule has 2 heteroatoms. The zero-order chi connectivity index (χ0) is 19.6. The Bertz CT molecular complexity index is 481. The van der Waals surface area contributed by atoms with Crippen LogP contribution in [0.1, 0.15) is 119 Å². The molecule has 0 aliphatic rings. The maximum atomic E-state index is 12.0. The summed E-state index contributed by atoms with van der Waals surface area (Å²) in [5.74, 6) is -0.182. The Morgan fingerprint density at radius 1 is 0.704 bits per heavy atom. The van der Waals surface area contributed by atoms with Gasteiger partial charge in [-0.15, -0.1) is 0 Å². The summed E-state index contributed by atoms with van der Waals surface area (Å²) in [6.45, 7) is 4.77. The second-order valence-corrected chi connectivity index (χ2v) is 7.90. The monoisotopic (exact) mass is 374 g/mol. The van der Waals surface area contributed by atoms with Crippen LogP contribution in [0.2, 0.25) is 0 Å². The van der Waals surface area contributed by atoms with Gasteiger partial charge in [0.05, 0.1) is 12.2 Å². The van der Waals surface area contributed by atoms with E-state index >= 15 is 0 Å². The minimum Gasteiger partial charge on any atom is -0.462 e. The van der Waals surface area contributed by atoms with Gasteiger partial charge in [0.1, 0.15) is 0 Å². The second kappa shape index (κ2) is 16.8. The van der Waals surface area contributed by atoms with Crippen molar-refractivity contribution in [3.8, 4) is 0 Å². The molecule has 0 aliphatic heterocycles. The van der Waals surface area contributed by atoms with Crippen LogP contribution in [-0.4, -0.2) is 12.6 Å². The van der Waals surface area contributed by atoms with Gasteiger partial charge in [-0.05, 0) is 25.0 Å². The molecule has 0 unspecified atom stereocenters. The lowest BCUT2D eigenvalue weighted by Crippen LogP contribution is -2.08. The fourth-order valence-corrected chi connectivity index (χ4v) is 3.52. The molecular weight excluding hydrogens is 332 g/mol. The minimum absolute atomic E-state index is 0.182. The summed E-state index contributed by atoms with van der Waals surface area (Å²) in [5, 5.41) is 0. The van der Waals surface area contributed by atoms with Crippen molar-refractivity contribution in [3.05, 3.63) is 35.4 Å². The predicted molar refractivity (Wildman–Crippen MR) is 116 cm³/mol. The number of unbranched alkanes of at least 4 members (excludes halogenated alkanes) is 14. The first-order valence-electron chi connectivity index (χ1n) is 11.5. The molecule has 0 fully saturated rings. The Morgan fingerprint density at radius 2 is 1.15 bits per heavy atom. The molecule has 0 saturated heterocycles. The van der Waals surface area contributed by atoms with E-state index in [9.17, 15) is 4.79 Å². The maximum absolute atomic E-state index is 12.0. The Balaban J connectivity index is 1.82. The molecule has 0 heterocycles. The van der Waals surface area contributed by atoms with Gasteiger partial charge in [0.25, 0.3) is 0 Å². The van der Waals surface area contributed by atoms with Gasteiger partial charge in [0.15, 0.2) is 0 Å².